The maximum atomic E-state index is 14.6. The summed E-state index contributed by atoms with van der Waals surface area (Å²) in [6, 6.07) is -2.41. The topological polar surface area (TPSA) is 228 Å². The molecule has 18 nitrogen and oxygen atoms in total. The van der Waals surface area contributed by atoms with E-state index in [1.807, 2.05) is 62.3 Å². The number of unbranched alkanes of at least 4 members (excludes halogenated alkanes) is 3. The van der Waals surface area contributed by atoms with Crippen molar-refractivity contribution in [3.05, 3.63) is 51.6 Å². The van der Waals surface area contributed by atoms with Crippen LogP contribution >= 0.6 is 0 Å². The Bertz CT molecular complexity index is 1880. The molecule has 0 radical (unpaired) electrons. The van der Waals surface area contributed by atoms with Crippen LogP contribution in [-0.2, 0) is 34.0 Å². The van der Waals surface area contributed by atoms with Gasteiger partial charge in [-0.25, -0.2) is 15.0 Å². The van der Waals surface area contributed by atoms with Gasteiger partial charge in [0.1, 0.15) is 54.2 Å². The number of fused-ring (bicyclic) bond motifs is 6. The van der Waals surface area contributed by atoms with Crippen molar-refractivity contribution < 1.29 is 28.8 Å². The number of nitrogens with one attached hydrogen (secondary N) is 6. The van der Waals surface area contributed by atoms with Crippen LogP contribution in [0.5, 0.6) is 0 Å². The summed E-state index contributed by atoms with van der Waals surface area (Å²) in [5.74, 6) is -2.46. The van der Waals surface area contributed by atoms with E-state index < -0.39 is 35.8 Å². The Morgan fingerprint density at radius 2 is 0.730 bits per heavy atom. The number of rotatable bonds is 18. The van der Waals surface area contributed by atoms with Crippen molar-refractivity contribution >= 4 is 35.4 Å². The van der Waals surface area contributed by atoms with Gasteiger partial charge in [0.25, 0.3) is 17.7 Å². The Kier molecular flexibility index (Phi) is 18.0. The third-order valence-corrected chi connectivity index (χ3v) is 11.6. The van der Waals surface area contributed by atoms with Crippen LogP contribution < -0.4 is 31.9 Å². The molecular formula is C45H72N12O6. The van der Waals surface area contributed by atoms with Gasteiger partial charge in [-0.3, -0.25) is 28.8 Å². The Balaban J connectivity index is 2.02. The second-order valence-corrected chi connectivity index (χ2v) is 17.7. The van der Waals surface area contributed by atoms with Crippen LogP contribution in [0.25, 0.3) is 0 Å². The number of imidazole rings is 3. The van der Waals surface area contributed by atoms with Crippen LogP contribution in [0.2, 0.25) is 0 Å². The van der Waals surface area contributed by atoms with Crippen molar-refractivity contribution in [1.82, 2.24) is 60.6 Å². The van der Waals surface area contributed by atoms with Crippen molar-refractivity contribution in [3.63, 3.8) is 0 Å². The summed E-state index contributed by atoms with van der Waals surface area (Å²) in [6.45, 7) is 23.6. The average molecular weight is 877 g/mol. The van der Waals surface area contributed by atoms with Crippen molar-refractivity contribution in [2.75, 3.05) is 19.6 Å². The number of hydrogen-bond donors (Lipinski definition) is 6. The summed E-state index contributed by atoms with van der Waals surface area (Å²) in [7, 11) is 0. The standard InChI is InChI=1S/C45H72N12O6/c1-13-16-19-46-31(58)22-55-28(10)37-43(61)53-35(26(6)7)41-51-39(30(12)57(41)24-33(60)48-21-18-15-3)45(63)54-36(27(8)9)42-50-38(44(62)52-34(25(4)5)40(55)49-37)29(11)56(42)23-32(59)47-20-17-14-2/h25-27,34-36H,13-24H2,1-12H3,(H,46,58)(H,47,59)(H,48,60)(H,52,62)(H,53,61)(H,54,63)/t34-,35-,36-/m0/s1. The zero-order valence-corrected chi connectivity index (χ0v) is 39.6. The molecule has 3 atom stereocenters. The van der Waals surface area contributed by atoms with E-state index in [1.54, 1.807) is 34.5 Å². The zero-order valence-electron chi connectivity index (χ0n) is 39.6. The van der Waals surface area contributed by atoms with Crippen molar-refractivity contribution in [3.8, 4) is 0 Å². The maximum Gasteiger partial charge on any atom is 0.272 e. The fourth-order valence-electron chi connectivity index (χ4n) is 7.65. The SMILES string of the molecule is CCCCNC(=O)Cn1c2nc(c1C)C(=O)N[C@@H](C(C)C)c1nc(c(C)n1CC(=O)NCCCC)C(=O)N[C@@H](C(C)C)c1nc(c(C)n1CC(=O)NCCCC)C(=O)N[C@H]2C(C)C. The van der Waals surface area contributed by atoms with Crippen LogP contribution in [0.1, 0.15) is 185 Å². The van der Waals surface area contributed by atoms with Gasteiger partial charge in [0.2, 0.25) is 17.7 Å². The largest absolute Gasteiger partial charge is 0.355 e. The van der Waals surface area contributed by atoms with E-state index in [2.05, 4.69) is 31.9 Å². The Hall–Kier alpha value is -5.55. The third-order valence-electron chi connectivity index (χ3n) is 11.6. The molecule has 1 aliphatic rings. The lowest BCUT2D eigenvalue weighted by atomic mass is 10.0. The normalized spacial score (nSPS) is 17.0. The van der Waals surface area contributed by atoms with Gasteiger partial charge < -0.3 is 45.6 Å². The van der Waals surface area contributed by atoms with Gasteiger partial charge in [0.15, 0.2) is 0 Å². The molecule has 0 fully saturated rings. The molecule has 1 aliphatic heterocycles. The van der Waals surface area contributed by atoms with Crippen LogP contribution in [0.3, 0.4) is 0 Å². The van der Waals surface area contributed by atoms with Gasteiger partial charge in [-0.1, -0.05) is 81.6 Å². The van der Waals surface area contributed by atoms with Gasteiger partial charge in [0, 0.05) is 36.7 Å². The second kappa shape index (κ2) is 22.7. The van der Waals surface area contributed by atoms with Crippen molar-refractivity contribution in [1.29, 1.82) is 0 Å². The molecule has 3 aromatic rings. The molecule has 63 heavy (non-hydrogen) atoms. The van der Waals surface area contributed by atoms with Crippen LogP contribution in [0, 0.1) is 38.5 Å². The molecule has 0 aliphatic carbocycles. The van der Waals surface area contributed by atoms with Crippen LogP contribution in [0.4, 0.5) is 0 Å². The van der Waals surface area contributed by atoms with E-state index in [4.69, 9.17) is 15.0 Å². The van der Waals surface area contributed by atoms with E-state index in [1.165, 1.54) is 0 Å². The lowest BCUT2D eigenvalue weighted by Gasteiger charge is -2.23. The molecule has 0 spiro atoms. The van der Waals surface area contributed by atoms with Gasteiger partial charge in [-0.05, 0) is 57.8 Å². The van der Waals surface area contributed by atoms with E-state index in [-0.39, 0.29) is 72.2 Å². The first-order valence-electron chi connectivity index (χ1n) is 22.8. The number of nitrogens with zero attached hydrogens (tertiary/aromatic N) is 6. The molecule has 0 aromatic carbocycles. The molecule has 0 saturated heterocycles. The van der Waals surface area contributed by atoms with E-state index in [0.717, 1.165) is 38.5 Å². The fraction of sp³-hybridized carbons (Fsp3) is 0.667. The van der Waals surface area contributed by atoms with Gasteiger partial charge in [-0.15, -0.1) is 0 Å². The van der Waals surface area contributed by atoms with E-state index in [9.17, 15) is 28.8 Å². The summed E-state index contributed by atoms with van der Waals surface area (Å²) in [5, 5.41) is 18.2. The summed E-state index contributed by atoms with van der Waals surface area (Å²) in [5.41, 5.74) is 1.33. The molecule has 6 bridgehead atoms. The highest BCUT2D eigenvalue weighted by molar-refractivity contribution is 5.96. The number of hydrogen-bond acceptors (Lipinski definition) is 9. The van der Waals surface area contributed by atoms with Gasteiger partial charge >= 0.3 is 0 Å². The quantitative estimate of drug-likeness (QED) is 0.0977. The monoisotopic (exact) mass is 877 g/mol. The first-order chi connectivity index (χ1) is 29.9. The number of carbonyl (C=O) groups excluding carboxylic acids is 6. The molecule has 18 heteroatoms. The fourth-order valence-corrected chi connectivity index (χ4v) is 7.65. The molecule has 6 amide bonds. The highest BCUT2D eigenvalue weighted by Gasteiger charge is 2.36. The summed E-state index contributed by atoms with van der Waals surface area (Å²) in [6.07, 6.45) is 5.06. The molecule has 4 rings (SSSR count). The molecule has 4 heterocycles. The summed E-state index contributed by atoms with van der Waals surface area (Å²) < 4.78 is 5.00. The average Bonchev–Trinajstić information content (AvgIpc) is 3.83. The molecule has 348 valence electrons. The Morgan fingerprint density at radius 1 is 0.492 bits per heavy atom. The molecule has 3 aromatic heterocycles. The summed E-state index contributed by atoms with van der Waals surface area (Å²) >= 11 is 0. The Labute approximate surface area is 372 Å². The third kappa shape index (κ3) is 12.1. The van der Waals surface area contributed by atoms with Crippen LogP contribution in [0.15, 0.2) is 0 Å². The lowest BCUT2D eigenvalue weighted by Crippen LogP contribution is -2.36. The minimum atomic E-state index is -0.803. The molecule has 0 unspecified atom stereocenters. The Morgan fingerprint density at radius 3 is 0.937 bits per heavy atom. The minimum Gasteiger partial charge on any atom is -0.355 e. The van der Waals surface area contributed by atoms with Crippen molar-refractivity contribution in [2.45, 2.75) is 159 Å². The molecule has 0 saturated carbocycles. The first-order valence-corrected chi connectivity index (χ1v) is 22.8. The smallest absolute Gasteiger partial charge is 0.272 e. The zero-order chi connectivity index (χ0) is 46.7. The van der Waals surface area contributed by atoms with Gasteiger partial charge in [-0.2, -0.15) is 0 Å². The second-order valence-electron chi connectivity index (χ2n) is 17.7. The van der Waals surface area contributed by atoms with E-state index in [0.29, 0.717) is 54.2 Å². The minimum absolute atomic E-state index is 0.0414. The van der Waals surface area contributed by atoms with Crippen molar-refractivity contribution in [2.24, 2.45) is 17.8 Å². The number of aromatic nitrogens is 6. The van der Waals surface area contributed by atoms with Crippen LogP contribution in [-0.4, -0.2) is 83.7 Å². The highest BCUT2D eigenvalue weighted by Crippen LogP contribution is 2.30. The first kappa shape index (κ1) is 50.1. The lowest BCUT2D eigenvalue weighted by molar-refractivity contribution is -0.122. The predicted octanol–water partition coefficient (Wildman–Crippen LogP) is 4.64. The highest BCUT2D eigenvalue weighted by atomic mass is 16.2. The number of carbonyl (C=O) groups is 6. The van der Waals surface area contributed by atoms with Gasteiger partial charge in [0.05, 0.1) is 18.1 Å². The summed E-state index contributed by atoms with van der Waals surface area (Å²) in [4.78, 5) is 98.7. The molecule has 6 N–H and O–H groups in total. The van der Waals surface area contributed by atoms with E-state index >= 15 is 0 Å². The maximum absolute atomic E-state index is 14.6. The predicted molar refractivity (Wildman–Crippen MR) is 240 cm³/mol. The molecular weight excluding hydrogens is 805 g/mol. The number of amides is 6.